The highest BCUT2D eigenvalue weighted by molar-refractivity contribution is 6.29. The topological polar surface area (TPSA) is 116 Å². The Morgan fingerprint density at radius 2 is 1.84 bits per heavy atom. The molecule has 1 atom stereocenters. The van der Waals surface area contributed by atoms with Gasteiger partial charge in [0.2, 0.25) is 0 Å². The Kier molecular flexibility index (Phi) is 7.03. The van der Waals surface area contributed by atoms with E-state index in [1.54, 1.807) is 44.5 Å². The summed E-state index contributed by atoms with van der Waals surface area (Å²) in [5, 5.41) is 26.4. The lowest BCUT2D eigenvalue weighted by molar-refractivity contribution is -0.131. The van der Waals surface area contributed by atoms with Crippen molar-refractivity contribution in [3.63, 3.8) is 0 Å². The molecule has 3 rings (SSSR count). The number of carbonyl (C=O) groups is 2. The van der Waals surface area contributed by atoms with Gasteiger partial charge in [0.25, 0.3) is 11.8 Å². The van der Waals surface area contributed by atoms with Crippen molar-refractivity contribution in [1.82, 2.24) is 14.9 Å². The van der Waals surface area contributed by atoms with E-state index in [9.17, 15) is 19.8 Å². The molecule has 1 unspecified atom stereocenters. The number of hydrogen-bond donors (Lipinski definition) is 4. The molecule has 2 heterocycles. The minimum atomic E-state index is -1.41. The minimum absolute atomic E-state index is 0.0744. The standard InChI is InChI=1S/C22H29ClN4O4/c1-11-9-15(10-17(23)24-11)26-21(30)18-12(2)19(27(4)13(18)3)20(29)22(31)25-14-5-7-16(28)8-6-14/h9-10,14,16,20,28-29H,5-8H2,1-4H3,(H,25,31)(H,24,26,30)/t14-,16+,20?. The van der Waals surface area contributed by atoms with Gasteiger partial charge in [0.05, 0.1) is 17.4 Å². The zero-order valence-corrected chi connectivity index (χ0v) is 19.0. The Labute approximate surface area is 186 Å². The highest BCUT2D eigenvalue weighted by Gasteiger charge is 2.30. The molecular formula is C22H29ClN4O4. The molecule has 31 heavy (non-hydrogen) atoms. The van der Waals surface area contributed by atoms with E-state index in [1.807, 2.05) is 0 Å². The zero-order chi connectivity index (χ0) is 22.9. The monoisotopic (exact) mass is 448 g/mol. The van der Waals surface area contributed by atoms with Crippen LogP contribution in [0.1, 0.15) is 64.8 Å². The van der Waals surface area contributed by atoms with Gasteiger partial charge in [0, 0.05) is 30.2 Å². The van der Waals surface area contributed by atoms with Crippen LogP contribution in [0.2, 0.25) is 5.15 Å². The van der Waals surface area contributed by atoms with Crippen LogP contribution in [0.3, 0.4) is 0 Å². The molecule has 0 spiro atoms. The van der Waals surface area contributed by atoms with Crippen LogP contribution < -0.4 is 10.6 Å². The number of aliphatic hydroxyl groups is 2. The van der Waals surface area contributed by atoms with E-state index >= 15 is 0 Å². The van der Waals surface area contributed by atoms with Gasteiger partial charge in [0.1, 0.15) is 5.15 Å². The lowest BCUT2D eigenvalue weighted by atomic mass is 9.93. The van der Waals surface area contributed by atoms with Crippen molar-refractivity contribution in [2.24, 2.45) is 7.05 Å². The first-order valence-electron chi connectivity index (χ1n) is 10.4. The van der Waals surface area contributed by atoms with Gasteiger partial charge in [-0.15, -0.1) is 0 Å². The fraction of sp³-hybridized carbons (Fsp3) is 0.500. The van der Waals surface area contributed by atoms with Crippen LogP contribution in [0.4, 0.5) is 5.69 Å². The summed E-state index contributed by atoms with van der Waals surface area (Å²) in [5.74, 6) is -0.860. The Balaban J connectivity index is 1.80. The number of aliphatic hydroxyl groups excluding tert-OH is 2. The number of aromatic nitrogens is 2. The number of aryl methyl sites for hydroxylation is 1. The molecule has 0 aromatic carbocycles. The van der Waals surface area contributed by atoms with Gasteiger partial charge in [-0.3, -0.25) is 9.59 Å². The molecule has 0 radical (unpaired) electrons. The summed E-state index contributed by atoms with van der Waals surface area (Å²) in [6, 6.07) is 3.20. The van der Waals surface area contributed by atoms with Crippen LogP contribution in [-0.2, 0) is 11.8 Å². The van der Waals surface area contributed by atoms with E-state index in [4.69, 9.17) is 11.6 Å². The van der Waals surface area contributed by atoms with Crippen molar-refractivity contribution in [3.05, 3.63) is 45.5 Å². The zero-order valence-electron chi connectivity index (χ0n) is 18.2. The van der Waals surface area contributed by atoms with Crippen LogP contribution in [0.25, 0.3) is 0 Å². The summed E-state index contributed by atoms with van der Waals surface area (Å²) in [5.41, 5.74) is 3.14. The van der Waals surface area contributed by atoms with Gasteiger partial charge in [-0.2, -0.15) is 0 Å². The molecule has 0 aliphatic heterocycles. The highest BCUT2D eigenvalue weighted by atomic mass is 35.5. The summed E-state index contributed by atoms with van der Waals surface area (Å²) in [6.45, 7) is 5.26. The molecular weight excluding hydrogens is 420 g/mol. The van der Waals surface area contributed by atoms with Crippen LogP contribution in [0.15, 0.2) is 12.1 Å². The van der Waals surface area contributed by atoms with Crippen LogP contribution in [0.5, 0.6) is 0 Å². The van der Waals surface area contributed by atoms with Gasteiger partial charge < -0.3 is 25.4 Å². The smallest absolute Gasteiger partial charge is 0.257 e. The lowest BCUT2D eigenvalue weighted by Gasteiger charge is -2.27. The molecule has 1 aliphatic rings. The van der Waals surface area contributed by atoms with Gasteiger partial charge in [-0.1, -0.05) is 11.6 Å². The third kappa shape index (κ3) is 5.08. The van der Waals surface area contributed by atoms with Gasteiger partial charge in [-0.25, -0.2) is 4.98 Å². The Hall–Kier alpha value is -2.42. The molecule has 0 bridgehead atoms. The molecule has 0 saturated heterocycles. The van der Waals surface area contributed by atoms with Crippen molar-refractivity contribution in [2.45, 2.75) is 64.7 Å². The molecule has 2 aromatic heterocycles. The third-order valence-corrected chi connectivity index (χ3v) is 6.14. The quantitative estimate of drug-likeness (QED) is 0.525. The first-order valence-corrected chi connectivity index (χ1v) is 10.7. The van der Waals surface area contributed by atoms with Crippen molar-refractivity contribution in [2.75, 3.05) is 5.32 Å². The maximum atomic E-state index is 13.0. The van der Waals surface area contributed by atoms with E-state index in [0.29, 0.717) is 59.6 Å². The molecule has 2 amide bonds. The SMILES string of the molecule is Cc1cc(NC(=O)c2c(C)c(C(O)C(=O)N[C@H]3CC[C@@H](O)CC3)n(C)c2C)cc(Cl)n1. The summed E-state index contributed by atoms with van der Waals surface area (Å²) in [6.07, 6.45) is 0.877. The van der Waals surface area contributed by atoms with Gasteiger partial charge in [0.15, 0.2) is 6.10 Å². The van der Waals surface area contributed by atoms with Crippen molar-refractivity contribution in [3.8, 4) is 0 Å². The van der Waals surface area contributed by atoms with Gasteiger partial charge in [-0.05, 0) is 64.2 Å². The second-order valence-corrected chi connectivity index (χ2v) is 8.61. The number of halogens is 1. The maximum Gasteiger partial charge on any atom is 0.257 e. The van der Waals surface area contributed by atoms with E-state index in [1.165, 1.54) is 0 Å². The maximum absolute atomic E-state index is 13.0. The van der Waals surface area contributed by atoms with Crippen LogP contribution >= 0.6 is 11.6 Å². The lowest BCUT2D eigenvalue weighted by Crippen LogP contribution is -2.41. The highest BCUT2D eigenvalue weighted by Crippen LogP contribution is 2.28. The molecule has 168 valence electrons. The first kappa shape index (κ1) is 23.2. The van der Waals surface area contributed by atoms with Crippen LogP contribution in [-0.4, -0.2) is 43.7 Å². The number of carbonyl (C=O) groups excluding carboxylic acids is 2. The molecule has 1 fully saturated rings. The first-order chi connectivity index (χ1) is 14.6. The van der Waals surface area contributed by atoms with Gasteiger partial charge >= 0.3 is 0 Å². The van der Waals surface area contributed by atoms with E-state index in [-0.39, 0.29) is 23.2 Å². The van der Waals surface area contributed by atoms with E-state index < -0.39 is 12.0 Å². The Morgan fingerprint density at radius 3 is 2.45 bits per heavy atom. The normalized spacial score (nSPS) is 19.7. The summed E-state index contributed by atoms with van der Waals surface area (Å²) < 4.78 is 1.67. The second-order valence-electron chi connectivity index (χ2n) is 8.22. The van der Waals surface area contributed by atoms with E-state index in [2.05, 4.69) is 15.6 Å². The summed E-state index contributed by atoms with van der Waals surface area (Å²) in [4.78, 5) is 29.8. The minimum Gasteiger partial charge on any atom is -0.393 e. The number of rotatable bonds is 5. The number of nitrogens with zero attached hydrogens (tertiary/aromatic N) is 2. The van der Waals surface area contributed by atoms with Crippen molar-refractivity contribution >= 4 is 29.1 Å². The van der Waals surface area contributed by atoms with E-state index in [0.717, 1.165) is 0 Å². The second kappa shape index (κ2) is 9.38. The number of amides is 2. The number of nitrogens with one attached hydrogen (secondary N) is 2. The Bertz CT molecular complexity index is 976. The largest absolute Gasteiger partial charge is 0.393 e. The number of pyridine rings is 1. The molecule has 8 nitrogen and oxygen atoms in total. The predicted molar refractivity (Wildman–Crippen MR) is 118 cm³/mol. The fourth-order valence-corrected chi connectivity index (χ4v) is 4.49. The molecule has 2 aromatic rings. The Morgan fingerprint density at radius 1 is 1.19 bits per heavy atom. The average molecular weight is 449 g/mol. The van der Waals surface area contributed by atoms with Crippen LogP contribution in [0, 0.1) is 20.8 Å². The average Bonchev–Trinajstić information content (AvgIpc) is 2.90. The number of anilines is 1. The molecule has 1 aliphatic carbocycles. The van der Waals surface area contributed by atoms with Crippen molar-refractivity contribution < 1.29 is 19.8 Å². The summed E-state index contributed by atoms with van der Waals surface area (Å²) in [7, 11) is 1.72. The summed E-state index contributed by atoms with van der Waals surface area (Å²) >= 11 is 5.98. The van der Waals surface area contributed by atoms with Crippen molar-refractivity contribution in [1.29, 1.82) is 0 Å². The third-order valence-electron chi connectivity index (χ3n) is 5.94. The predicted octanol–water partition coefficient (Wildman–Crippen LogP) is 2.70. The number of hydrogen-bond acceptors (Lipinski definition) is 5. The molecule has 1 saturated carbocycles. The fourth-order valence-electron chi connectivity index (χ4n) is 4.24. The molecule has 9 heteroatoms. The molecule has 4 N–H and O–H groups in total.